The predicted molar refractivity (Wildman–Crippen MR) is 90.4 cm³/mol. The highest BCUT2D eigenvalue weighted by atomic mass is 16.3. The third-order valence-electron chi connectivity index (χ3n) is 5.50. The van der Waals surface area contributed by atoms with Crippen LogP contribution in [0.15, 0.2) is 18.3 Å². The van der Waals surface area contributed by atoms with Crippen molar-refractivity contribution < 1.29 is 5.11 Å². The van der Waals surface area contributed by atoms with Gasteiger partial charge in [0, 0.05) is 24.8 Å². The second kappa shape index (κ2) is 6.17. The van der Waals surface area contributed by atoms with Gasteiger partial charge in [-0.15, -0.1) is 0 Å². The molecule has 2 aliphatic heterocycles. The van der Waals surface area contributed by atoms with Gasteiger partial charge in [0.1, 0.15) is 0 Å². The van der Waals surface area contributed by atoms with Crippen LogP contribution >= 0.6 is 0 Å². The molecule has 2 fully saturated rings. The molecule has 22 heavy (non-hydrogen) atoms. The zero-order valence-electron chi connectivity index (χ0n) is 14.1. The van der Waals surface area contributed by atoms with Crippen LogP contribution in [0.25, 0.3) is 0 Å². The van der Waals surface area contributed by atoms with E-state index in [1.807, 2.05) is 6.20 Å². The summed E-state index contributed by atoms with van der Waals surface area (Å²) >= 11 is 0. The van der Waals surface area contributed by atoms with Crippen molar-refractivity contribution in [2.75, 3.05) is 31.6 Å². The quantitative estimate of drug-likeness (QED) is 0.932. The van der Waals surface area contributed by atoms with E-state index in [1.54, 1.807) is 0 Å². The van der Waals surface area contributed by atoms with E-state index in [2.05, 4.69) is 47.8 Å². The van der Waals surface area contributed by atoms with Crippen molar-refractivity contribution in [2.45, 2.75) is 57.1 Å². The van der Waals surface area contributed by atoms with Crippen molar-refractivity contribution in [1.82, 2.24) is 9.88 Å². The average Bonchev–Trinajstić information content (AvgIpc) is 2.95. The normalized spacial score (nSPS) is 25.9. The van der Waals surface area contributed by atoms with Crippen LogP contribution in [0.3, 0.4) is 0 Å². The maximum Gasteiger partial charge on any atom is 0.0835 e. The Morgan fingerprint density at radius 2 is 1.95 bits per heavy atom. The highest BCUT2D eigenvalue weighted by Crippen LogP contribution is 2.35. The summed E-state index contributed by atoms with van der Waals surface area (Å²) in [6, 6.07) is 4.65. The van der Waals surface area contributed by atoms with Gasteiger partial charge in [-0.2, -0.15) is 0 Å². The molecule has 1 N–H and O–H groups in total. The van der Waals surface area contributed by atoms with Gasteiger partial charge in [-0.3, -0.25) is 4.98 Å². The monoisotopic (exact) mass is 303 g/mol. The Morgan fingerprint density at radius 1 is 1.23 bits per heavy atom. The fourth-order valence-electron chi connectivity index (χ4n) is 4.00. The third kappa shape index (κ3) is 2.99. The second-order valence-electron chi connectivity index (χ2n) is 7.33. The van der Waals surface area contributed by atoms with Crippen molar-refractivity contribution in [3.8, 4) is 0 Å². The lowest BCUT2D eigenvalue weighted by atomic mass is 9.83. The zero-order valence-corrected chi connectivity index (χ0v) is 14.1. The van der Waals surface area contributed by atoms with Crippen LogP contribution in [0.2, 0.25) is 0 Å². The summed E-state index contributed by atoms with van der Waals surface area (Å²) in [6.07, 6.45) is 6.05. The van der Waals surface area contributed by atoms with Crippen LogP contribution in [-0.4, -0.2) is 53.3 Å². The molecule has 0 amide bonds. The van der Waals surface area contributed by atoms with E-state index >= 15 is 0 Å². The first-order valence-corrected chi connectivity index (χ1v) is 8.63. The highest BCUT2D eigenvalue weighted by Gasteiger charge is 2.43. The number of likely N-dealkylation sites (N-methyl/N-ethyl adjacent to an activating group) is 1. The van der Waals surface area contributed by atoms with Gasteiger partial charge < -0.3 is 14.9 Å². The summed E-state index contributed by atoms with van der Waals surface area (Å²) in [5.74, 6) is 0.471. The van der Waals surface area contributed by atoms with Crippen LogP contribution in [0, 0.1) is 0 Å². The number of anilines is 1. The summed E-state index contributed by atoms with van der Waals surface area (Å²) in [4.78, 5) is 9.27. The molecule has 0 spiro atoms. The molecule has 3 rings (SSSR count). The van der Waals surface area contributed by atoms with Crippen LogP contribution in [0.4, 0.5) is 5.69 Å². The second-order valence-corrected chi connectivity index (χ2v) is 7.33. The Morgan fingerprint density at radius 3 is 2.45 bits per heavy atom. The van der Waals surface area contributed by atoms with Gasteiger partial charge >= 0.3 is 0 Å². The number of hydrogen-bond donors (Lipinski definition) is 1. The van der Waals surface area contributed by atoms with Gasteiger partial charge in [0.2, 0.25) is 0 Å². The molecule has 1 atom stereocenters. The first kappa shape index (κ1) is 15.8. The lowest BCUT2D eigenvalue weighted by molar-refractivity contribution is -0.0449. The third-order valence-corrected chi connectivity index (χ3v) is 5.50. The molecule has 2 saturated heterocycles. The minimum Gasteiger partial charge on any atom is -0.388 e. The Bertz CT molecular complexity index is 492. The van der Waals surface area contributed by atoms with Crippen molar-refractivity contribution in [3.05, 3.63) is 24.0 Å². The molecule has 1 aromatic rings. The maximum atomic E-state index is 11.0. The number of likely N-dealkylation sites (tertiary alicyclic amines) is 1. The first-order chi connectivity index (χ1) is 10.5. The lowest BCUT2D eigenvalue weighted by Gasteiger charge is -2.44. The van der Waals surface area contributed by atoms with Gasteiger partial charge in [-0.25, -0.2) is 0 Å². The van der Waals surface area contributed by atoms with E-state index in [9.17, 15) is 5.11 Å². The minimum atomic E-state index is -0.507. The van der Waals surface area contributed by atoms with E-state index in [-0.39, 0.29) is 0 Å². The molecule has 0 aliphatic carbocycles. The Balaban J connectivity index is 1.63. The van der Waals surface area contributed by atoms with Crippen LogP contribution in [0.5, 0.6) is 0 Å². The fraction of sp³-hybridized carbons (Fsp3) is 0.722. The van der Waals surface area contributed by atoms with E-state index < -0.39 is 5.60 Å². The van der Waals surface area contributed by atoms with Crippen molar-refractivity contribution in [2.24, 2.45) is 0 Å². The van der Waals surface area contributed by atoms with E-state index in [0.29, 0.717) is 12.0 Å². The van der Waals surface area contributed by atoms with Crippen molar-refractivity contribution in [3.63, 3.8) is 0 Å². The predicted octanol–water partition coefficient (Wildman–Crippen LogP) is 2.63. The van der Waals surface area contributed by atoms with Gasteiger partial charge in [0.25, 0.3) is 0 Å². The van der Waals surface area contributed by atoms with Gasteiger partial charge in [-0.05, 0) is 57.3 Å². The molecule has 0 unspecified atom stereocenters. The molecule has 0 bridgehead atoms. The Hall–Kier alpha value is -1.13. The molecule has 0 saturated carbocycles. The highest BCUT2D eigenvalue weighted by molar-refractivity contribution is 5.45. The molecule has 0 aromatic carbocycles. The maximum absolute atomic E-state index is 11.0. The summed E-state index contributed by atoms with van der Waals surface area (Å²) in [5.41, 5.74) is 1.82. The summed E-state index contributed by atoms with van der Waals surface area (Å²) in [6.45, 7) is 7.30. The van der Waals surface area contributed by atoms with Crippen LogP contribution in [-0.2, 0) is 0 Å². The molecule has 2 aliphatic rings. The van der Waals surface area contributed by atoms with Crippen LogP contribution < -0.4 is 4.90 Å². The molecule has 3 heterocycles. The minimum absolute atomic E-state index is 0.344. The summed E-state index contributed by atoms with van der Waals surface area (Å²) in [5, 5.41) is 11.0. The van der Waals surface area contributed by atoms with Gasteiger partial charge in [-0.1, -0.05) is 13.8 Å². The fourth-order valence-corrected chi connectivity index (χ4v) is 4.00. The smallest absolute Gasteiger partial charge is 0.0835 e. The van der Waals surface area contributed by atoms with Crippen LogP contribution in [0.1, 0.15) is 51.1 Å². The zero-order chi connectivity index (χ0) is 15.7. The standard InChI is InChI=1S/C18H29N3O/c1-14(2)16-7-6-15(13-19-16)21-11-8-18(22,9-12-21)17-5-4-10-20(17)3/h6-7,13-14,17,22H,4-5,8-12H2,1-3H3/t17-/m0/s1. The summed E-state index contributed by atoms with van der Waals surface area (Å²) < 4.78 is 0. The van der Waals surface area contributed by atoms with Gasteiger partial charge in [0.05, 0.1) is 17.5 Å². The molecule has 122 valence electrons. The number of hydrogen-bond acceptors (Lipinski definition) is 4. The SMILES string of the molecule is CC(C)c1ccc(N2CCC(O)([C@@H]3CCCN3C)CC2)cn1. The van der Waals surface area contributed by atoms with E-state index in [0.717, 1.165) is 44.6 Å². The number of rotatable bonds is 3. The van der Waals surface area contributed by atoms with Gasteiger partial charge in [0.15, 0.2) is 0 Å². The number of aliphatic hydroxyl groups is 1. The topological polar surface area (TPSA) is 39.6 Å². The number of nitrogens with zero attached hydrogens (tertiary/aromatic N) is 3. The number of pyridine rings is 1. The van der Waals surface area contributed by atoms with E-state index in [4.69, 9.17) is 0 Å². The average molecular weight is 303 g/mol. The summed E-state index contributed by atoms with van der Waals surface area (Å²) in [7, 11) is 2.15. The number of aromatic nitrogens is 1. The largest absolute Gasteiger partial charge is 0.388 e. The Labute approximate surface area is 134 Å². The number of piperidine rings is 1. The van der Waals surface area contributed by atoms with Crippen molar-refractivity contribution >= 4 is 5.69 Å². The molecule has 0 radical (unpaired) electrons. The van der Waals surface area contributed by atoms with E-state index in [1.165, 1.54) is 12.1 Å². The molecule has 4 nitrogen and oxygen atoms in total. The first-order valence-electron chi connectivity index (χ1n) is 8.63. The lowest BCUT2D eigenvalue weighted by Crippen LogP contribution is -2.55. The molecule has 4 heteroatoms. The van der Waals surface area contributed by atoms with Crippen molar-refractivity contribution in [1.29, 1.82) is 0 Å². The molecular weight excluding hydrogens is 274 g/mol. The Kier molecular flexibility index (Phi) is 4.42. The molecule has 1 aromatic heterocycles. The molecular formula is C18H29N3O.